The first-order chi connectivity index (χ1) is 12.7. The van der Waals surface area contributed by atoms with Crippen LogP contribution < -0.4 is 4.72 Å². The summed E-state index contributed by atoms with van der Waals surface area (Å²) in [6.07, 6.45) is 1.90. The SMILES string of the molecule is Cc1c(C(=O)N2CCCC2)c(S(=O)(=O)NCc2ccccc2Cl)c(C)n1C. The molecule has 1 aromatic carbocycles. The molecular formula is C19H24ClN3O3S. The molecule has 0 saturated carbocycles. The number of carbonyl (C=O) groups is 1. The molecular weight excluding hydrogens is 386 g/mol. The van der Waals surface area contributed by atoms with Gasteiger partial charge in [0.1, 0.15) is 4.90 Å². The van der Waals surface area contributed by atoms with Crippen molar-refractivity contribution in [1.82, 2.24) is 14.2 Å². The van der Waals surface area contributed by atoms with Gasteiger partial charge in [-0.25, -0.2) is 13.1 Å². The minimum absolute atomic E-state index is 0.0615. The molecule has 6 nitrogen and oxygen atoms in total. The van der Waals surface area contributed by atoms with E-state index in [1.807, 2.05) is 0 Å². The molecule has 1 fully saturated rings. The van der Waals surface area contributed by atoms with Crippen LogP contribution in [-0.4, -0.2) is 36.9 Å². The second kappa shape index (κ2) is 7.66. The van der Waals surface area contributed by atoms with Crippen molar-refractivity contribution in [3.8, 4) is 0 Å². The highest BCUT2D eigenvalue weighted by molar-refractivity contribution is 7.89. The Hall–Kier alpha value is -1.83. The molecule has 8 heteroatoms. The summed E-state index contributed by atoms with van der Waals surface area (Å²) in [5.41, 5.74) is 2.15. The summed E-state index contributed by atoms with van der Waals surface area (Å²) in [6, 6.07) is 7.07. The molecule has 3 rings (SSSR count). The smallest absolute Gasteiger partial charge is 0.257 e. The van der Waals surface area contributed by atoms with Crippen LogP contribution in [0.4, 0.5) is 0 Å². The zero-order valence-corrected chi connectivity index (χ0v) is 17.3. The van der Waals surface area contributed by atoms with Crippen molar-refractivity contribution in [2.24, 2.45) is 7.05 Å². The fourth-order valence-corrected chi connectivity index (χ4v) is 5.18. The standard InChI is InChI=1S/C19H24ClN3O3S/c1-13-17(19(24)23-10-6-7-11-23)18(14(2)22(13)3)27(25,26)21-12-15-8-4-5-9-16(15)20/h4-5,8-9,21H,6-7,10-12H2,1-3H3. The van der Waals surface area contributed by atoms with Gasteiger partial charge in [-0.15, -0.1) is 0 Å². The van der Waals surface area contributed by atoms with E-state index in [9.17, 15) is 13.2 Å². The van der Waals surface area contributed by atoms with Crippen LogP contribution in [0.15, 0.2) is 29.2 Å². The Morgan fingerprint density at radius 1 is 1.15 bits per heavy atom. The number of hydrogen-bond donors (Lipinski definition) is 1. The molecule has 1 aromatic heterocycles. The van der Waals surface area contributed by atoms with Crippen LogP contribution in [0, 0.1) is 13.8 Å². The van der Waals surface area contributed by atoms with Crippen molar-refractivity contribution in [3.05, 3.63) is 51.8 Å². The predicted octanol–water partition coefficient (Wildman–Crippen LogP) is 3.01. The van der Waals surface area contributed by atoms with Crippen LogP contribution in [0.3, 0.4) is 0 Å². The van der Waals surface area contributed by atoms with Gasteiger partial charge in [-0.1, -0.05) is 29.8 Å². The number of halogens is 1. The number of benzene rings is 1. The molecule has 1 aliphatic rings. The number of sulfonamides is 1. The third-order valence-electron chi connectivity index (χ3n) is 5.21. The Kier molecular flexibility index (Phi) is 5.65. The van der Waals surface area contributed by atoms with E-state index in [1.165, 1.54) is 0 Å². The van der Waals surface area contributed by atoms with Crippen molar-refractivity contribution < 1.29 is 13.2 Å². The van der Waals surface area contributed by atoms with Crippen LogP contribution in [0.25, 0.3) is 0 Å². The summed E-state index contributed by atoms with van der Waals surface area (Å²) in [5, 5.41) is 0.495. The Morgan fingerprint density at radius 2 is 1.78 bits per heavy atom. The fourth-order valence-electron chi connectivity index (χ4n) is 3.46. The maximum absolute atomic E-state index is 13.1. The van der Waals surface area contributed by atoms with Crippen LogP contribution in [-0.2, 0) is 23.6 Å². The van der Waals surface area contributed by atoms with Crippen molar-refractivity contribution in [3.63, 3.8) is 0 Å². The minimum atomic E-state index is -3.89. The maximum Gasteiger partial charge on any atom is 0.257 e. The minimum Gasteiger partial charge on any atom is -0.350 e. The van der Waals surface area contributed by atoms with Gasteiger partial charge in [0.05, 0.1) is 5.56 Å². The van der Waals surface area contributed by atoms with E-state index in [0.717, 1.165) is 12.8 Å². The Bertz CT molecular complexity index is 976. The van der Waals surface area contributed by atoms with Gasteiger partial charge in [0.15, 0.2) is 0 Å². The van der Waals surface area contributed by atoms with Crippen molar-refractivity contribution in [2.75, 3.05) is 13.1 Å². The van der Waals surface area contributed by atoms with E-state index in [0.29, 0.717) is 35.1 Å². The molecule has 0 radical (unpaired) electrons. The van der Waals surface area contributed by atoms with E-state index in [-0.39, 0.29) is 22.9 Å². The van der Waals surface area contributed by atoms with Gasteiger partial charge in [-0.05, 0) is 38.3 Å². The maximum atomic E-state index is 13.1. The Labute approximate surface area is 165 Å². The number of nitrogens with one attached hydrogen (secondary N) is 1. The second-order valence-electron chi connectivity index (χ2n) is 6.85. The molecule has 1 amide bonds. The number of amides is 1. The second-order valence-corrected chi connectivity index (χ2v) is 8.96. The monoisotopic (exact) mass is 409 g/mol. The zero-order chi connectivity index (χ0) is 19.8. The van der Waals surface area contributed by atoms with Gasteiger partial charge in [0.25, 0.3) is 5.91 Å². The van der Waals surface area contributed by atoms with Gasteiger partial charge in [-0.3, -0.25) is 4.79 Å². The van der Waals surface area contributed by atoms with E-state index in [1.54, 1.807) is 54.6 Å². The third-order valence-corrected chi connectivity index (χ3v) is 7.14. The number of carbonyl (C=O) groups excluding carboxylic acids is 1. The zero-order valence-electron chi connectivity index (χ0n) is 15.8. The lowest BCUT2D eigenvalue weighted by Gasteiger charge is -2.17. The average Bonchev–Trinajstić information content (AvgIpc) is 3.24. The molecule has 0 atom stereocenters. The highest BCUT2D eigenvalue weighted by atomic mass is 35.5. The summed E-state index contributed by atoms with van der Waals surface area (Å²) in [5.74, 6) is -0.216. The van der Waals surface area contributed by atoms with Gasteiger partial charge < -0.3 is 9.47 Å². The molecule has 0 unspecified atom stereocenters. The summed E-state index contributed by atoms with van der Waals surface area (Å²) in [7, 11) is -2.11. The summed E-state index contributed by atoms with van der Waals surface area (Å²) in [6.45, 7) is 4.89. The van der Waals surface area contributed by atoms with E-state index in [4.69, 9.17) is 11.6 Å². The number of rotatable bonds is 5. The molecule has 2 heterocycles. The number of likely N-dealkylation sites (tertiary alicyclic amines) is 1. The van der Waals surface area contributed by atoms with Gasteiger partial charge in [-0.2, -0.15) is 0 Å². The van der Waals surface area contributed by atoms with Crippen molar-refractivity contribution in [2.45, 2.75) is 38.1 Å². The van der Waals surface area contributed by atoms with E-state index >= 15 is 0 Å². The lowest BCUT2D eigenvalue weighted by molar-refractivity contribution is 0.0788. The van der Waals surface area contributed by atoms with Crippen molar-refractivity contribution in [1.29, 1.82) is 0 Å². The lowest BCUT2D eigenvalue weighted by Crippen LogP contribution is -2.31. The predicted molar refractivity (Wildman–Crippen MR) is 106 cm³/mol. The number of nitrogens with zero attached hydrogens (tertiary/aromatic N) is 2. The first-order valence-corrected chi connectivity index (χ1v) is 10.8. The molecule has 0 spiro atoms. The molecule has 2 aromatic rings. The van der Waals surface area contributed by atoms with E-state index in [2.05, 4.69) is 4.72 Å². The summed E-state index contributed by atoms with van der Waals surface area (Å²) in [4.78, 5) is 14.8. The largest absolute Gasteiger partial charge is 0.350 e. The molecule has 27 heavy (non-hydrogen) atoms. The van der Waals surface area contributed by atoms with Crippen LogP contribution >= 0.6 is 11.6 Å². The highest BCUT2D eigenvalue weighted by Gasteiger charge is 2.33. The summed E-state index contributed by atoms with van der Waals surface area (Å²) >= 11 is 6.13. The molecule has 1 saturated heterocycles. The molecule has 0 aliphatic carbocycles. The van der Waals surface area contributed by atoms with Crippen molar-refractivity contribution >= 4 is 27.5 Å². The van der Waals surface area contributed by atoms with Gasteiger partial charge in [0.2, 0.25) is 10.0 Å². The normalized spacial score (nSPS) is 14.7. The van der Waals surface area contributed by atoms with Crippen LogP contribution in [0.5, 0.6) is 0 Å². The molecule has 1 N–H and O–H groups in total. The first kappa shape index (κ1) is 19.9. The molecule has 1 aliphatic heterocycles. The quantitative estimate of drug-likeness (QED) is 0.825. The third kappa shape index (κ3) is 3.77. The first-order valence-electron chi connectivity index (χ1n) is 8.92. The van der Waals surface area contributed by atoms with Crippen LogP contribution in [0.2, 0.25) is 5.02 Å². The lowest BCUT2D eigenvalue weighted by atomic mass is 10.2. The van der Waals surface area contributed by atoms with Crippen LogP contribution in [0.1, 0.15) is 40.2 Å². The fraction of sp³-hybridized carbons (Fsp3) is 0.421. The Balaban J connectivity index is 1.98. The van der Waals surface area contributed by atoms with Gasteiger partial charge in [0, 0.05) is 43.1 Å². The Morgan fingerprint density at radius 3 is 2.41 bits per heavy atom. The number of hydrogen-bond acceptors (Lipinski definition) is 3. The molecule has 146 valence electrons. The average molecular weight is 410 g/mol. The summed E-state index contributed by atoms with van der Waals surface area (Å²) < 4.78 is 30.6. The number of aromatic nitrogens is 1. The van der Waals surface area contributed by atoms with Gasteiger partial charge >= 0.3 is 0 Å². The highest BCUT2D eigenvalue weighted by Crippen LogP contribution is 2.29. The topological polar surface area (TPSA) is 71.4 Å². The van der Waals surface area contributed by atoms with E-state index < -0.39 is 10.0 Å². The molecule has 0 bridgehead atoms.